The van der Waals surface area contributed by atoms with Gasteiger partial charge >= 0.3 is 6.03 Å². The molecule has 2 heterocycles. The summed E-state index contributed by atoms with van der Waals surface area (Å²) in [6, 6.07) is 4.65. The lowest BCUT2D eigenvalue weighted by atomic mass is 9.78. The van der Waals surface area contributed by atoms with Crippen LogP contribution in [-0.2, 0) is 11.2 Å². The monoisotopic (exact) mass is 350 g/mol. The molecule has 3 rings (SSSR count). The summed E-state index contributed by atoms with van der Waals surface area (Å²) in [6.45, 7) is 4.96. The van der Waals surface area contributed by atoms with Crippen molar-refractivity contribution in [3.63, 3.8) is 0 Å². The molecule has 5 heteroatoms. The molecule has 0 radical (unpaired) electrons. The maximum Gasteiger partial charge on any atom is 0.315 e. The standard InChI is InChI=1S/C19H30N2O2S/c1-14(12-17-7-6-15(2)24-17)20-18(22)21-16-8-11-23-19(13-16)9-4-3-5-10-19/h6-7,14,16H,3-5,8-13H2,1-2H3,(H2,20,21,22). The minimum Gasteiger partial charge on any atom is -0.375 e. The molecule has 1 saturated heterocycles. The summed E-state index contributed by atoms with van der Waals surface area (Å²) in [7, 11) is 0. The van der Waals surface area contributed by atoms with Crippen LogP contribution in [0, 0.1) is 6.92 Å². The van der Waals surface area contributed by atoms with Crippen LogP contribution in [0.1, 0.15) is 61.6 Å². The summed E-state index contributed by atoms with van der Waals surface area (Å²) >= 11 is 1.81. The third-order valence-electron chi connectivity index (χ3n) is 5.27. The molecule has 1 aliphatic carbocycles. The van der Waals surface area contributed by atoms with Crippen molar-refractivity contribution in [2.45, 2.75) is 82.9 Å². The number of thiophene rings is 1. The molecule has 1 aliphatic heterocycles. The summed E-state index contributed by atoms with van der Waals surface area (Å²) in [4.78, 5) is 15.0. The van der Waals surface area contributed by atoms with Crippen LogP contribution in [0.3, 0.4) is 0 Å². The van der Waals surface area contributed by atoms with Crippen LogP contribution in [0.2, 0.25) is 0 Å². The van der Waals surface area contributed by atoms with Crippen LogP contribution in [0.5, 0.6) is 0 Å². The molecule has 2 fully saturated rings. The molecule has 2 atom stereocenters. The fourth-order valence-electron chi connectivity index (χ4n) is 4.09. The zero-order valence-electron chi connectivity index (χ0n) is 14.9. The van der Waals surface area contributed by atoms with Crippen molar-refractivity contribution in [1.29, 1.82) is 0 Å². The van der Waals surface area contributed by atoms with Gasteiger partial charge in [-0.1, -0.05) is 19.3 Å². The van der Waals surface area contributed by atoms with E-state index >= 15 is 0 Å². The Morgan fingerprint density at radius 2 is 2.17 bits per heavy atom. The summed E-state index contributed by atoms with van der Waals surface area (Å²) in [5.41, 5.74) is 0.0363. The van der Waals surface area contributed by atoms with E-state index in [2.05, 4.69) is 36.6 Å². The fourth-order valence-corrected chi connectivity index (χ4v) is 5.11. The average molecular weight is 351 g/mol. The number of aryl methyl sites for hydroxylation is 1. The van der Waals surface area contributed by atoms with E-state index < -0.39 is 0 Å². The van der Waals surface area contributed by atoms with Gasteiger partial charge in [-0.3, -0.25) is 0 Å². The van der Waals surface area contributed by atoms with Crippen LogP contribution in [0.25, 0.3) is 0 Å². The van der Waals surface area contributed by atoms with Gasteiger partial charge in [-0.15, -0.1) is 11.3 Å². The van der Waals surface area contributed by atoms with Crippen molar-refractivity contribution < 1.29 is 9.53 Å². The molecule has 1 aromatic rings. The molecule has 2 N–H and O–H groups in total. The van der Waals surface area contributed by atoms with Gasteiger partial charge in [0.15, 0.2) is 0 Å². The molecule has 24 heavy (non-hydrogen) atoms. The van der Waals surface area contributed by atoms with Crippen molar-refractivity contribution in [3.05, 3.63) is 21.9 Å². The zero-order chi connectivity index (χ0) is 17.0. The van der Waals surface area contributed by atoms with E-state index in [9.17, 15) is 4.79 Å². The Hall–Kier alpha value is -1.07. The van der Waals surface area contributed by atoms with Crippen molar-refractivity contribution in [2.75, 3.05) is 6.61 Å². The fraction of sp³-hybridized carbons (Fsp3) is 0.737. The summed E-state index contributed by atoms with van der Waals surface area (Å²) < 4.78 is 6.11. The molecule has 2 aliphatic rings. The van der Waals surface area contributed by atoms with Gasteiger partial charge in [0.05, 0.1) is 5.60 Å². The molecule has 2 amide bonds. The SMILES string of the molecule is Cc1ccc(CC(C)NC(=O)NC2CCOC3(CCCCC3)C2)s1. The number of nitrogens with one attached hydrogen (secondary N) is 2. The summed E-state index contributed by atoms with van der Waals surface area (Å²) in [5, 5.41) is 6.28. The Balaban J connectivity index is 1.45. The smallest absolute Gasteiger partial charge is 0.315 e. The second kappa shape index (κ2) is 7.87. The van der Waals surface area contributed by atoms with E-state index in [4.69, 9.17) is 4.74 Å². The van der Waals surface area contributed by atoms with Crippen molar-refractivity contribution >= 4 is 17.4 Å². The highest BCUT2D eigenvalue weighted by Gasteiger charge is 2.38. The normalized spacial score (nSPS) is 24.5. The Labute approximate surface area is 149 Å². The van der Waals surface area contributed by atoms with Crippen LogP contribution in [-0.4, -0.2) is 30.3 Å². The molecule has 1 spiro atoms. The zero-order valence-corrected chi connectivity index (χ0v) is 15.7. The number of ether oxygens (including phenoxy) is 1. The molecular weight excluding hydrogens is 320 g/mol. The minimum absolute atomic E-state index is 0.0337. The molecule has 0 bridgehead atoms. The number of hydrogen-bond acceptors (Lipinski definition) is 3. The van der Waals surface area contributed by atoms with Gasteiger partial charge in [0.2, 0.25) is 0 Å². The van der Waals surface area contributed by atoms with Crippen LogP contribution in [0.15, 0.2) is 12.1 Å². The van der Waals surface area contributed by atoms with Gasteiger partial charge in [0.1, 0.15) is 0 Å². The largest absolute Gasteiger partial charge is 0.375 e. The first-order chi connectivity index (χ1) is 11.5. The number of urea groups is 1. The van der Waals surface area contributed by atoms with Crippen molar-refractivity contribution in [1.82, 2.24) is 10.6 Å². The van der Waals surface area contributed by atoms with Gasteiger partial charge in [-0.25, -0.2) is 4.79 Å². The lowest BCUT2D eigenvalue weighted by Gasteiger charge is -2.43. The predicted octanol–water partition coefficient (Wildman–Crippen LogP) is 4.17. The summed E-state index contributed by atoms with van der Waals surface area (Å²) in [6.07, 6.45) is 8.94. The maximum atomic E-state index is 12.3. The second-order valence-corrected chi connectivity index (χ2v) is 8.89. The molecule has 134 valence electrons. The Morgan fingerprint density at radius 3 is 2.88 bits per heavy atom. The molecule has 1 saturated carbocycles. The third-order valence-corrected chi connectivity index (χ3v) is 6.30. The Kier molecular flexibility index (Phi) is 5.82. The van der Waals surface area contributed by atoms with E-state index in [1.54, 1.807) is 11.3 Å². The van der Waals surface area contributed by atoms with E-state index in [1.165, 1.54) is 29.0 Å². The number of hydrogen-bond donors (Lipinski definition) is 2. The van der Waals surface area contributed by atoms with Gasteiger partial charge in [-0.05, 0) is 51.7 Å². The molecule has 0 aromatic carbocycles. The quantitative estimate of drug-likeness (QED) is 0.856. The van der Waals surface area contributed by atoms with Gasteiger partial charge in [-0.2, -0.15) is 0 Å². The lowest BCUT2D eigenvalue weighted by molar-refractivity contribution is -0.107. The number of amides is 2. The van der Waals surface area contributed by atoms with E-state index in [1.807, 2.05) is 0 Å². The first-order valence-corrected chi connectivity index (χ1v) is 10.1. The molecule has 4 nitrogen and oxygen atoms in total. The van der Waals surface area contributed by atoms with Gasteiger partial charge in [0, 0.05) is 34.9 Å². The lowest BCUT2D eigenvalue weighted by Crippen LogP contribution is -2.52. The summed E-state index contributed by atoms with van der Waals surface area (Å²) in [5.74, 6) is 0. The minimum atomic E-state index is -0.0337. The average Bonchev–Trinajstić information content (AvgIpc) is 2.92. The van der Waals surface area contributed by atoms with Crippen molar-refractivity contribution in [3.8, 4) is 0 Å². The van der Waals surface area contributed by atoms with Crippen LogP contribution >= 0.6 is 11.3 Å². The van der Waals surface area contributed by atoms with Gasteiger partial charge in [0.25, 0.3) is 0 Å². The highest BCUT2D eigenvalue weighted by atomic mass is 32.1. The van der Waals surface area contributed by atoms with E-state index in [0.717, 1.165) is 38.7 Å². The number of carbonyl (C=O) groups excluding carboxylic acids is 1. The van der Waals surface area contributed by atoms with Crippen LogP contribution in [0.4, 0.5) is 4.79 Å². The number of carbonyl (C=O) groups is 1. The van der Waals surface area contributed by atoms with E-state index in [0.29, 0.717) is 0 Å². The van der Waals surface area contributed by atoms with Crippen molar-refractivity contribution in [2.24, 2.45) is 0 Å². The second-order valence-electron chi connectivity index (χ2n) is 7.52. The van der Waals surface area contributed by atoms with E-state index in [-0.39, 0.29) is 23.7 Å². The Morgan fingerprint density at radius 1 is 1.38 bits per heavy atom. The van der Waals surface area contributed by atoms with Gasteiger partial charge < -0.3 is 15.4 Å². The van der Waals surface area contributed by atoms with Crippen LogP contribution < -0.4 is 10.6 Å². The highest BCUT2D eigenvalue weighted by Crippen LogP contribution is 2.38. The highest BCUT2D eigenvalue weighted by molar-refractivity contribution is 7.11. The maximum absolute atomic E-state index is 12.3. The first kappa shape index (κ1) is 17.7. The molecule has 1 aromatic heterocycles. The topological polar surface area (TPSA) is 50.4 Å². The number of rotatable bonds is 4. The predicted molar refractivity (Wildman–Crippen MR) is 98.7 cm³/mol. The Bertz CT molecular complexity index is 546. The first-order valence-electron chi connectivity index (χ1n) is 9.31. The third kappa shape index (κ3) is 4.73. The molecular formula is C19H30N2O2S. The molecule has 2 unspecified atom stereocenters.